The Labute approximate surface area is 246 Å². The Kier molecular flexibility index (Phi) is 5.24. The van der Waals surface area contributed by atoms with Crippen LogP contribution in [0.25, 0.3) is 39.1 Å². The summed E-state index contributed by atoms with van der Waals surface area (Å²) in [6.07, 6.45) is 5.82. The maximum Gasteiger partial charge on any atom is 0.262 e. The van der Waals surface area contributed by atoms with Crippen LogP contribution >= 0.6 is 0 Å². The number of nitrogens with zero attached hydrogens (tertiary/aromatic N) is 6. The normalized spacial score (nSPS) is 21.4. The molecule has 210 valence electrons. The zero-order valence-corrected chi connectivity index (χ0v) is 23.5. The first-order chi connectivity index (χ1) is 20.7. The van der Waals surface area contributed by atoms with Crippen LogP contribution in [0.15, 0.2) is 91.4 Å². The van der Waals surface area contributed by atoms with Gasteiger partial charge in [-0.25, -0.2) is 9.97 Å². The lowest BCUT2D eigenvalue weighted by atomic mass is 9.61. The molecule has 1 aliphatic carbocycles. The molecule has 8 rings (SSSR count). The van der Waals surface area contributed by atoms with E-state index in [9.17, 15) is 14.7 Å². The Hall–Kier alpha value is -5.28. The van der Waals surface area contributed by atoms with Crippen molar-refractivity contribution < 1.29 is 14.7 Å². The van der Waals surface area contributed by atoms with Gasteiger partial charge in [0.05, 0.1) is 33.7 Å². The average Bonchev–Trinajstić information content (AvgIpc) is 3.52. The molecule has 0 saturated heterocycles. The fourth-order valence-electron chi connectivity index (χ4n) is 6.84. The zero-order chi connectivity index (χ0) is 29.5. The molecule has 1 fully saturated rings. The summed E-state index contributed by atoms with van der Waals surface area (Å²) in [6, 6.07) is 22.6. The van der Waals surface area contributed by atoms with E-state index >= 15 is 0 Å². The highest BCUT2D eigenvalue weighted by molar-refractivity contribution is 6.22. The minimum absolute atomic E-state index is 0.255. The van der Waals surface area contributed by atoms with E-state index in [0.29, 0.717) is 16.8 Å². The number of hydrogen-bond donors (Lipinski definition) is 1. The van der Waals surface area contributed by atoms with Crippen molar-refractivity contribution >= 4 is 28.5 Å². The fraction of sp³-hybridized carbons (Fsp3) is 0.176. The summed E-state index contributed by atoms with van der Waals surface area (Å²) >= 11 is 0. The Morgan fingerprint density at radius 2 is 1.51 bits per heavy atom. The van der Waals surface area contributed by atoms with Gasteiger partial charge < -0.3 is 5.11 Å². The van der Waals surface area contributed by atoms with Gasteiger partial charge >= 0.3 is 0 Å². The Morgan fingerprint density at radius 1 is 0.837 bits per heavy atom. The molecular weight excluding hydrogens is 540 g/mol. The number of aliphatic hydroxyl groups is 1. The van der Waals surface area contributed by atoms with Gasteiger partial charge in [0.2, 0.25) is 0 Å². The predicted octanol–water partition coefficient (Wildman–Crippen LogP) is 5.35. The van der Waals surface area contributed by atoms with Gasteiger partial charge in [-0.15, -0.1) is 0 Å². The van der Waals surface area contributed by atoms with E-state index in [4.69, 9.17) is 4.98 Å². The van der Waals surface area contributed by atoms with Crippen LogP contribution in [0.3, 0.4) is 0 Å². The molecule has 1 aliphatic heterocycles. The summed E-state index contributed by atoms with van der Waals surface area (Å²) in [5.41, 5.74) is 5.36. The third kappa shape index (κ3) is 3.74. The number of carbonyl (C=O) groups excluding carboxylic acids is 2. The Bertz CT molecular complexity index is 2080. The van der Waals surface area contributed by atoms with Crippen LogP contribution in [0.4, 0.5) is 0 Å². The summed E-state index contributed by atoms with van der Waals surface area (Å²) in [5.74, 6) is -0.660. The molecule has 1 N–H and O–H groups in total. The number of rotatable bonds is 4. The van der Waals surface area contributed by atoms with Crippen LogP contribution in [-0.4, -0.2) is 52.0 Å². The first kappa shape index (κ1) is 25.4. The molecule has 0 atom stereocenters. The SMILES string of the molecule is Cc1cc2ncc3cc(-c4ccncc4)c(-c4ccc([C@]5(N6C(=O)c7ccccc7C6=O)C[C@@](C)(O)C5)cc4)nc3n2n1. The Balaban J connectivity index is 1.27. The monoisotopic (exact) mass is 566 g/mol. The second kappa shape index (κ2) is 8.86. The zero-order valence-electron chi connectivity index (χ0n) is 23.5. The highest BCUT2D eigenvalue weighted by Gasteiger charge is 2.60. The second-order valence-corrected chi connectivity index (χ2v) is 11.8. The molecule has 5 heterocycles. The van der Waals surface area contributed by atoms with Crippen molar-refractivity contribution in [2.24, 2.45) is 0 Å². The van der Waals surface area contributed by atoms with Crippen molar-refractivity contribution in [3.8, 4) is 22.4 Å². The van der Waals surface area contributed by atoms with Crippen LogP contribution in [-0.2, 0) is 5.54 Å². The molecule has 0 bridgehead atoms. The molecular formula is C34H26N6O3. The number of amides is 2. The van der Waals surface area contributed by atoms with E-state index in [1.807, 2.05) is 55.6 Å². The third-order valence-corrected chi connectivity index (χ3v) is 8.64. The molecule has 43 heavy (non-hydrogen) atoms. The quantitative estimate of drug-likeness (QED) is 0.286. The average molecular weight is 567 g/mol. The lowest BCUT2D eigenvalue weighted by molar-refractivity contribution is -0.118. The van der Waals surface area contributed by atoms with Crippen molar-refractivity contribution in [2.75, 3.05) is 0 Å². The molecule has 0 unspecified atom stereocenters. The summed E-state index contributed by atoms with van der Waals surface area (Å²) in [6.45, 7) is 3.66. The topological polar surface area (TPSA) is 114 Å². The van der Waals surface area contributed by atoms with E-state index in [-0.39, 0.29) is 24.7 Å². The van der Waals surface area contributed by atoms with Gasteiger partial charge in [0.25, 0.3) is 11.8 Å². The van der Waals surface area contributed by atoms with Crippen LogP contribution in [0.2, 0.25) is 0 Å². The van der Waals surface area contributed by atoms with Crippen molar-refractivity contribution in [1.82, 2.24) is 29.5 Å². The lowest BCUT2D eigenvalue weighted by Crippen LogP contribution is -2.63. The van der Waals surface area contributed by atoms with Crippen molar-refractivity contribution in [3.05, 3.63) is 114 Å². The number of hydrogen-bond acceptors (Lipinski definition) is 7. The van der Waals surface area contributed by atoms with Crippen molar-refractivity contribution in [3.63, 3.8) is 0 Å². The molecule has 9 heteroatoms. The fourth-order valence-corrected chi connectivity index (χ4v) is 6.84. The van der Waals surface area contributed by atoms with Crippen molar-refractivity contribution in [2.45, 2.75) is 37.8 Å². The number of aryl methyl sites for hydroxylation is 1. The largest absolute Gasteiger partial charge is 0.390 e. The summed E-state index contributed by atoms with van der Waals surface area (Å²) in [4.78, 5) is 42.3. The molecule has 0 radical (unpaired) electrons. The maximum atomic E-state index is 13.5. The highest BCUT2D eigenvalue weighted by Crippen LogP contribution is 2.54. The Morgan fingerprint density at radius 3 is 2.16 bits per heavy atom. The number of carbonyl (C=O) groups is 2. The van der Waals surface area contributed by atoms with E-state index in [2.05, 4.69) is 21.1 Å². The summed E-state index contributed by atoms with van der Waals surface area (Å²) < 4.78 is 1.76. The number of pyridine rings is 2. The van der Waals surface area contributed by atoms with E-state index in [0.717, 1.165) is 44.7 Å². The van der Waals surface area contributed by atoms with E-state index < -0.39 is 11.1 Å². The first-order valence-electron chi connectivity index (χ1n) is 14.1. The number of benzene rings is 2. The first-order valence-corrected chi connectivity index (χ1v) is 14.1. The number of fused-ring (bicyclic) bond motifs is 4. The van der Waals surface area contributed by atoms with Gasteiger partial charge in [-0.2, -0.15) is 9.61 Å². The van der Waals surface area contributed by atoms with Crippen LogP contribution in [0.1, 0.15) is 51.7 Å². The van der Waals surface area contributed by atoms with Crippen molar-refractivity contribution in [1.29, 1.82) is 0 Å². The van der Waals surface area contributed by atoms with Crippen LogP contribution < -0.4 is 0 Å². The summed E-state index contributed by atoms with van der Waals surface area (Å²) in [7, 11) is 0. The highest BCUT2D eigenvalue weighted by atomic mass is 16.3. The number of imide groups is 1. The maximum absolute atomic E-state index is 13.5. The van der Waals surface area contributed by atoms with Gasteiger partial charge in [-0.05, 0) is 55.3 Å². The molecule has 4 aromatic heterocycles. The number of aromatic nitrogens is 5. The molecule has 2 aliphatic rings. The molecule has 0 spiro atoms. The molecule has 2 aromatic carbocycles. The minimum atomic E-state index is -0.996. The molecule has 1 saturated carbocycles. The molecule has 9 nitrogen and oxygen atoms in total. The van der Waals surface area contributed by atoms with Crippen LogP contribution in [0, 0.1) is 6.92 Å². The van der Waals surface area contributed by atoms with Gasteiger partial charge in [-0.3, -0.25) is 19.5 Å². The van der Waals surface area contributed by atoms with Crippen LogP contribution in [0.5, 0.6) is 0 Å². The van der Waals surface area contributed by atoms with Gasteiger partial charge in [0.1, 0.15) is 0 Å². The molecule has 6 aromatic rings. The lowest BCUT2D eigenvalue weighted by Gasteiger charge is -2.55. The van der Waals surface area contributed by atoms with E-state index in [1.54, 1.807) is 48.1 Å². The predicted molar refractivity (Wildman–Crippen MR) is 160 cm³/mol. The van der Waals surface area contributed by atoms with E-state index in [1.165, 1.54) is 4.90 Å². The molecule has 2 amide bonds. The van der Waals surface area contributed by atoms with Gasteiger partial charge in [0, 0.05) is 54.0 Å². The smallest absolute Gasteiger partial charge is 0.262 e. The minimum Gasteiger partial charge on any atom is -0.390 e. The summed E-state index contributed by atoms with van der Waals surface area (Å²) in [5, 5.41) is 16.3. The second-order valence-electron chi connectivity index (χ2n) is 11.8. The van der Waals surface area contributed by atoms with Gasteiger partial charge in [0.15, 0.2) is 11.3 Å². The van der Waals surface area contributed by atoms with Gasteiger partial charge in [-0.1, -0.05) is 36.4 Å². The standard InChI is InChI=1S/C34H26N6O3/c1-20-15-28-36-17-23-16-27(21-11-13-35-14-12-21)29(37-30(23)40(28)38-20)22-7-9-24(10-8-22)34(18-33(2,43)19-34)39-31(41)25-5-3-4-6-26(25)32(39)42/h3-17,43H,18-19H2,1-2H3/t33-,34+. The third-order valence-electron chi connectivity index (χ3n) is 8.64.